The van der Waals surface area contributed by atoms with Crippen LogP contribution in [0.25, 0.3) is 0 Å². The molecule has 0 aliphatic rings. The van der Waals surface area contributed by atoms with E-state index >= 15 is 0 Å². The lowest BCUT2D eigenvalue weighted by molar-refractivity contribution is -0.118. The predicted octanol–water partition coefficient (Wildman–Crippen LogP) is 4.29. The van der Waals surface area contributed by atoms with Crippen LogP contribution in [0.3, 0.4) is 0 Å². The third kappa shape index (κ3) is 4.89. The second-order valence-electron chi connectivity index (χ2n) is 6.12. The SMILES string of the molecule is Cc1cc(F)ccc1NC(=O)[C@@H](NC(=O)c1ccccc1Br)C(C)C. The van der Waals surface area contributed by atoms with Gasteiger partial charge in [-0.05, 0) is 64.7 Å². The van der Waals surface area contributed by atoms with Crippen molar-refractivity contribution in [1.29, 1.82) is 0 Å². The molecule has 4 nitrogen and oxygen atoms in total. The van der Waals surface area contributed by atoms with Crippen molar-refractivity contribution >= 4 is 33.4 Å². The third-order valence-electron chi connectivity index (χ3n) is 3.80. The summed E-state index contributed by atoms with van der Waals surface area (Å²) in [5, 5.41) is 5.53. The van der Waals surface area contributed by atoms with Gasteiger partial charge >= 0.3 is 0 Å². The molecule has 0 aromatic heterocycles. The van der Waals surface area contributed by atoms with E-state index in [9.17, 15) is 14.0 Å². The minimum atomic E-state index is -0.718. The quantitative estimate of drug-likeness (QED) is 0.777. The van der Waals surface area contributed by atoms with Gasteiger partial charge in [-0.1, -0.05) is 26.0 Å². The van der Waals surface area contributed by atoms with Crippen molar-refractivity contribution < 1.29 is 14.0 Å². The molecular weight excluding hydrogens is 387 g/mol. The van der Waals surface area contributed by atoms with Crippen LogP contribution in [-0.4, -0.2) is 17.9 Å². The first-order chi connectivity index (χ1) is 11.8. The summed E-state index contributed by atoms with van der Waals surface area (Å²) in [5.41, 5.74) is 1.60. The Kier molecular flexibility index (Phi) is 6.31. The van der Waals surface area contributed by atoms with E-state index < -0.39 is 6.04 Å². The zero-order valence-electron chi connectivity index (χ0n) is 14.3. The van der Waals surface area contributed by atoms with Crippen LogP contribution in [-0.2, 0) is 4.79 Å². The smallest absolute Gasteiger partial charge is 0.253 e. The summed E-state index contributed by atoms with van der Waals surface area (Å²) in [6.07, 6.45) is 0. The molecule has 0 radical (unpaired) electrons. The van der Waals surface area contributed by atoms with Gasteiger partial charge in [0.1, 0.15) is 11.9 Å². The first-order valence-electron chi connectivity index (χ1n) is 7.92. The topological polar surface area (TPSA) is 58.2 Å². The van der Waals surface area contributed by atoms with Crippen molar-refractivity contribution in [2.24, 2.45) is 5.92 Å². The van der Waals surface area contributed by atoms with Gasteiger partial charge in [0.2, 0.25) is 5.91 Å². The van der Waals surface area contributed by atoms with Crippen LogP contribution in [0.4, 0.5) is 10.1 Å². The van der Waals surface area contributed by atoms with E-state index in [2.05, 4.69) is 26.6 Å². The fourth-order valence-corrected chi connectivity index (χ4v) is 2.84. The van der Waals surface area contributed by atoms with Gasteiger partial charge in [-0.2, -0.15) is 0 Å². The highest BCUT2D eigenvalue weighted by molar-refractivity contribution is 9.10. The van der Waals surface area contributed by atoms with Crippen molar-refractivity contribution in [3.8, 4) is 0 Å². The molecule has 0 unspecified atom stereocenters. The van der Waals surface area contributed by atoms with Crippen LogP contribution < -0.4 is 10.6 Å². The maximum atomic E-state index is 13.2. The number of carbonyl (C=O) groups excluding carboxylic acids is 2. The Labute approximate surface area is 154 Å². The Morgan fingerprint density at radius 3 is 2.40 bits per heavy atom. The van der Waals surface area contributed by atoms with Gasteiger partial charge in [-0.15, -0.1) is 0 Å². The van der Waals surface area contributed by atoms with Crippen molar-refractivity contribution in [2.45, 2.75) is 26.8 Å². The van der Waals surface area contributed by atoms with Gasteiger partial charge in [0, 0.05) is 10.2 Å². The highest BCUT2D eigenvalue weighted by Crippen LogP contribution is 2.18. The molecule has 0 fully saturated rings. The summed E-state index contributed by atoms with van der Waals surface area (Å²) in [6.45, 7) is 5.41. The van der Waals surface area contributed by atoms with Crippen molar-refractivity contribution in [3.05, 3.63) is 63.9 Å². The molecule has 0 heterocycles. The van der Waals surface area contributed by atoms with Gasteiger partial charge in [-0.3, -0.25) is 9.59 Å². The van der Waals surface area contributed by atoms with E-state index in [-0.39, 0.29) is 23.5 Å². The van der Waals surface area contributed by atoms with Crippen LogP contribution in [0.2, 0.25) is 0 Å². The van der Waals surface area contributed by atoms with Gasteiger partial charge in [-0.25, -0.2) is 4.39 Å². The Morgan fingerprint density at radius 2 is 1.80 bits per heavy atom. The summed E-state index contributed by atoms with van der Waals surface area (Å²) in [7, 11) is 0. The summed E-state index contributed by atoms with van der Waals surface area (Å²) in [4.78, 5) is 25.1. The van der Waals surface area contributed by atoms with E-state index in [0.29, 0.717) is 21.3 Å². The van der Waals surface area contributed by atoms with E-state index in [4.69, 9.17) is 0 Å². The molecule has 2 aromatic rings. The number of benzene rings is 2. The largest absolute Gasteiger partial charge is 0.340 e. The minimum absolute atomic E-state index is 0.118. The van der Waals surface area contributed by atoms with Crippen LogP contribution in [0.5, 0.6) is 0 Å². The number of rotatable bonds is 5. The predicted molar refractivity (Wildman–Crippen MR) is 100 cm³/mol. The Bertz CT molecular complexity index is 793. The molecule has 0 spiro atoms. The van der Waals surface area contributed by atoms with Crippen LogP contribution in [0, 0.1) is 18.7 Å². The fraction of sp³-hybridized carbons (Fsp3) is 0.263. The van der Waals surface area contributed by atoms with Crippen molar-refractivity contribution in [2.75, 3.05) is 5.32 Å². The van der Waals surface area contributed by atoms with Gasteiger partial charge < -0.3 is 10.6 Å². The molecule has 0 aliphatic heterocycles. The first-order valence-corrected chi connectivity index (χ1v) is 8.71. The van der Waals surface area contributed by atoms with Crippen molar-refractivity contribution in [3.63, 3.8) is 0 Å². The Morgan fingerprint density at radius 1 is 1.12 bits per heavy atom. The molecular formula is C19H20BrFN2O2. The van der Waals surface area contributed by atoms with Gasteiger partial charge in [0.25, 0.3) is 5.91 Å². The normalized spacial score (nSPS) is 11.9. The molecule has 1 atom stereocenters. The third-order valence-corrected chi connectivity index (χ3v) is 4.49. The average molecular weight is 407 g/mol. The average Bonchev–Trinajstić information content (AvgIpc) is 2.55. The van der Waals surface area contributed by atoms with Gasteiger partial charge in [0.15, 0.2) is 0 Å². The van der Waals surface area contributed by atoms with Gasteiger partial charge in [0.05, 0.1) is 5.56 Å². The van der Waals surface area contributed by atoms with E-state index in [1.54, 1.807) is 25.1 Å². The summed E-state index contributed by atoms with van der Waals surface area (Å²) in [5.74, 6) is -1.16. The molecule has 2 aromatic carbocycles. The fourth-order valence-electron chi connectivity index (χ4n) is 2.38. The van der Waals surface area contributed by atoms with E-state index in [1.165, 1.54) is 18.2 Å². The zero-order chi connectivity index (χ0) is 18.6. The lowest BCUT2D eigenvalue weighted by Crippen LogP contribution is -2.47. The Hall–Kier alpha value is -2.21. The molecule has 25 heavy (non-hydrogen) atoms. The molecule has 6 heteroatoms. The second kappa shape index (κ2) is 8.25. The monoisotopic (exact) mass is 406 g/mol. The highest BCUT2D eigenvalue weighted by Gasteiger charge is 2.25. The molecule has 132 valence electrons. The Balaban J connectivity index is 2.16. The summed E-state index contributed by atoms with van der Waals surface area (Å²) < 4.78 is 13.9. The highest BCUT2D eigenvalue weighted by atomic mass is 79.9. The number of nitrogens with one attached hydrogen (secondary N) is 2. The summed E-state index contributed by atoms with van der Waals surface area (Å²) in [6, 6.07) is 10.4. The summed E-state index contributed by atoms with van der Waals surface area (Å²) >= 11 is 3.33. The van der Waals surface area contributed by atoms with Crippen LogP contribution >= 0.6 is 15.9 Å². The number of amides is 2. The molecule has 0 aliphatic carbocycles. The van der Waals surface area contributed by atoms with Crippen molar-refractivity contribution in [1.82, 2.24) is 5.32 Å². The lowest BCUT2D eigenvalue weighted by atomic mass is 10.0. The molecule has 0 saturated carbocycles. The number of hydrogen-bond acceptors (Lipinski definition) is 2. The first kappa shape index (κ1) is 19.1. The lowest BCUT2D eigenvalue weighted by Gasteiger charge is -2.22. The number of carbonyl (C=O) groups is 2. The molecule has 2 rings (SSSR count). The number of hydrogen-bond donors (Lipinski definition) is 2. The standard InChI is InChI=1S/C19H20BrFN2O2/c1-11(2)17(23-18(24)14-6-4-5-7-15(14)20)19(25)22-16-9-8-13(21)10-12(16)3/h4-11,17H,1-3H3,(H,22,25)(H,23,24)/t17-/m0/s1. The number of anilines is 1. The molecule has 0 bridgehead atoms. The minimum Gasteiger partial charge on any atom is -0.340 e. The molecule has 2 amide bonds. The zero-order valence-corrected chi connectivity index (χ0v) is 15.9. The molecule has 2 N–H and O–H groups in total. The van der Waals surface area contributed by atoms with Crippen LogP contribution in [0.15, 0.2) is 46.9 Å². The van der Waals surface area contributed by atoms with Crippen LogP contribution in [0.1, 0.15) is 29.8 Å². The molecule has 0 saturated heterocycles. The maximum Gasteiger partial charge on any atom is 0.253 e. The second-order valence-corrected chi connectivity index (χ2v) is 6.98. The van der Waals surface area contributed by atoms with E-state index in [1.807, 2.05) is 19.9 Å². The van der Waals surface area contributed by atoms with E-state index in [0.717, 1.165) is 0 Å². The maximum absolute atomic E-state index is 13.2. The number of aryl methyl sites for hydroxylation is 1. The number of halogens is 2.